The van der Waals surface area contributed by atoms with Crippen molar-refractivity contribution in [3.63, 3.8) is 0 Å². The zero-order valence-corrected chi connectivity index (χ0v) is 26.8. The fraction of sp³-hybridized carbons (Fsp3) is 0.879. The van der Waals surface area contributed by atoms with E-state index in [1.54, 1.807) is 11.9 Å². The molecule has 0 aromatic carbocycles. The molecule has 0 aromatic rings. The second kappa shape index (κ2) is 17.2. The fourth-order valence-corrected chi connectivity index (χ4v) is 7.47. The summed E-state index contributed by atoms with van der Waals surface area (Å²) in [5.74, 6) is -0.551. The van der Waals surface area contributed by atoms with Crippen molar-refractivity contribution in [3.8, 4) is 0 Å². The van der Waals surface area contributed by atoms with Gasteiger partial charge in [-0.05, 0) is 75.5 Å². The summed E-state index contributed by atoms with van der Waals surface area (Å²) in [4.78, 5) is 56.3. The van der Waals surface area contributed by atoms with Gasteiger partial charge >= 0.3 is 0 Å². The molecule has 0 saturated heterocycles. The summed E-state index contributed by atoms with van der Waals surface area (Å²) in [6, 6.07) is -2.68. The number of likely N-dealkylation sites (N-methyl/N-ethyl adjacent to an activating group) is 2. The summed E-state index contributed by atoms with van der Waals surface area (Å²) in [6.45, 7) is 6.45. The zero-order chi connectivity index (χ0) is 30.6. The van der Waals surface area contributed by atoms with Crippen LogP contribution in [0.5, 0.6) is 0 Å². The van der Waals surface area contributed by atoms with Crippen molar-refractivity contribution >= 4 is 23.6 Å². The van der Waals surface area contributed by atoms with Crippen LogP contribution in [0.25, 0.3) is 0 Å². The molecule has 0 unspecified atom stereocenters. The van der Waals surface area contributed by atoms with Gasteiger partial charge in [-0.25, -0.2) is 0 Å². The summed E-state index contributed by atoms with van der Waals surface area (Å²) in [5.41, 5.74) is 6.46. The lowest BCUT2D eigenvalue weighted by Crippen LogP contribution is -2.61. The average molecular weight is 590 g/mol. The third kappa shape index (κ3) is 9.68. The van der Waals surface area contributed by atoms with E-state index in [0.29, 0.717) is 13.0 Å². The molecule has 4 atom stereocenters. The van der Waals surface area contributed by atoms with Gasteiger partial charge in [0.15, 0.2) is 0 Å². The van der Waals surface area contributed by atoms with Gasteiger partial charge in [0.2, 0.25) is 23.6 Å². The number of rotatable bonds is 13. The van der Waals surface area contributed by atoms with Crippen LogP contribution in [0.3, 0.4) is 0 Å². The molecule has 4 amide bonds. The molecule has 42 heavy (non-hydrogen) atoms. The van der Waals surface area contributed by atoms with Crippen LogP contribution >= 0.6 is 0 Å². The van der Waals surface area contributed by atoms with Gasteiger partial charge in [0.05, 0.1) is 6.04 Å². The Morgan fingerprint density at radius 3 is 1.62 bits per heavy atom. The molecule has 3 aliphatic rings. The van der Waals surface area contributed by atoms with E-state index in [1.165, 1.54) is 6.42 Å². The SMILES string of the molecule is CCNC(=O)[C@@H](CC(C)C)N(C)C(=O)[C@H](NC(=O)[C@H](NC(=O)[C@H](N)C1CCCCC1)C1CCCCC1)C1CCCCC1. The first kappa shape index (κ1) is 34.3. The first-order chi connectivity index (χ1) is 20.1. The second-order valence-corrected chi connectivity index (χ2v) is 13.7. The standard InChI is InChI=1S/C33H59N5O4/c1-5-35-30(39)26(21-22(2)3)38(4)33(42)29(25-19-13-8-14-20-25)37-32(41)28(24-17-11-7-12-18-24)36-31(40)27(34)23-15-9-6-10-16-23/h22-29H,5-21,34H2,1-4H3,(H,35,39)(H,36,40)(H,37,41)/t26-,27-,28-,29-/m1/s1. The van der Waals surface area contributed by atoms with E-state index >= 15 is 0 Å². The molecule has 0 aromatic heterocycles. The summed E-state index contributed by atoms with van der Waals surface area (Å²) in [7, 11) is 1.69. The molecule has 0 spiro atoms. The number of amides is 4. The van der Waals surface area contributed by atoms with Crippen molar-refractivity contribution < 1.29 is 19.2 Å². The molecule has 9 nitrogen and oxygen atoms in total. The molecule has 240 valence electrons. The van der Waals surface area contributed by atoms with Gasteiger partial charge in [-0.15, -0.1) is 0 Å². The van der Waals surface area contributed by atoms with Gasteiger partial charge in [-0.1, -0.05) is 71.6 Å². The largest absolute Gasteiger partial charge is 0.355 e. The third-order valence-electron chi connectivity index (χ3n) is 10.0. The minimum Gasteiger partial charge on any atom is -0.355 e. The monoisotopic (exact) mass is 589 g/mol. The summed E-state index contributed by atoms with van der Waals surface area (Å²) >= 11 is 0. The minimum absolute atomic E-state index is 0.00112. The van der Waals surface area contributed by atoms with Gasteiger partial charge in [0, 0.05) is 13.6 Å². The highest BCUT2D eigenvalue weighted by atomic mass is 16.2. The van der Waals surface area contributed by atoms with Crippen LogP contribution in [0.15, 0.2) is 0 Å². The minimum atomic E-state index is -0.734. The van der Waals surface area contributed by atoms with Gasteiger partial charge in [0.25, 0.3) is 0 Å². The van der Waals surface area contributed by atoms with Crippen LogP contribution in [0.1, 0.15) is 124 Å². The lowest BCUT2D eigenvalue weighted by Gasteiger charge is -2.38. The van der Waals surface area contributed by atoms with Crippen LogP contribution in [0.4, 0.5) is 0 Å². The second-order valence-electron chi connectivity index (χ2n) is 13.7. The molecule has 5 N–H and O–H groups in total. The molecule has 3 aliphatic carbocycles. The Morgan fingerprint density at radius 2 is 1.14 bits per heavy atom. The molecule has 0 radical (unpaired) electrons. The van der Waals surface area contributed by atoms with E-state index < -0.39 is 24.2 Å². The lowest BCUT2D eigenvalue weighted by atomic mass is 9.81. The van der Waals surface area contributed by atoms with Crippen molar-refractivity contribution in [1.29, 1.82) is 0 Å². The van der Waals surface area contributed by atoms with E-state index in [4.69, 9.17) is 5.73 Å². The lowest BCUT2D eigenvalue weighted by molar-refractivity contribution is -0.144. The Bertz CT molecular complexity index is 878. The van der Waals surface area contributed by atoms with E-state index in [2.05, 4.69) is 16.0 Å². The molecular formula is C33H59N5O4. The van der Waals surface area contributed by atoms with Gasteiger partial charge in [0.1, 0.15) is 18.1 Å². The van der Waals surface area contributed by atoms with E-state index in [0.717, 1.165) is 89.9 Å². The van der Waals surface area contributed by atoms with Crippen LogP contribution in [0.2, 0.25) is 0 Å². The highest BCUT2D eigenvalue weighted by Crippen LogP contribution is 2.31. The van der Waals surface area contributed by atoms with Crippen LogP contribution in [0, 0.1) is 23.7 Å². The topological polar surface area (TPSA) is 134 Å². The van der Waals surface area contributed by atoms with E-state index in [1.807, 2.05) is 20.8 Å². The molecule has 3 saturated carbocycles. The van der Waals surface area contributed by atoms with Crippen LogP contribution < -0.4 is 21.7 Å². The van der Waals surface area contributed by atoms with E-state index in [9.17, 15) is 19.2 Å². The number of nitrogens with zero attached hydrogens (tertiary/aromatic N) is 1. The van der Waals surface area contributed by atoms with Crippen molar-refractivity contribution in [3.05, 3.63) is 0 Å². The Kier molecular flexibility index (Phi) is 14.1. The Labute approximate surface area is 254 Å². The smallest absolute Gasteiger partial charge is 0.245 e. The maximum absolute atomic E-state index is 14.2. The van der Waals surface area contributed by atoms with Crippen molar-refractivity contribution in [2.24, 2.45) is 29.4 Å². The number of nitrogens with one attached hydrogen (secondary N) is 3. The quantitative estimate of drug-likeness (QED) is 0.257. The maximum Gasteiger partial charge on any atom is 0.245 e. The predicted octanol–water partition coefficient (Wildman–Crippen LogP) is 4.03. The zero-order valence-electron chi connectivity index (χ0n) is 26.8. The molecule has 9 heteroatoms. The average Bonchev–Trinajstić information content (AvgIpc) is 3.01. The molecule has 3 rings (SSSR count). The van der Waals surface area contributed by atoms with Gasteiger partial charge in [-0.3, -0.25) is 19.2 Å². The summed E-state index contributed by atoms with van der Waals surface area (Å²) in [6.07, 6.45) is 15.6. The van der Waals surface area contributed by atoms with Gasteiger partial charge in [-0.2, -0.15) is 0 Å². The summed E-state index contributed by atoms with van der Waals surface area (Å²) in [5, 5.41) is 9.12. The van der Waals surface area contributed by atoms with Crippen molar-refractivity contribution in [2.45, 2.75) is 148 Å². The molecule has 0 heterocycles. The third-order valence-corrected chi connectivity index (χ3v) is 10.0. The number of hydrogen-bond donors (Lipinski definition) is 4. The fourth-order valence-electron chi connectivity index (χ4n) is 7.47. The molecule has 0 aliphatic heterocycles. The maximum atomic E-state index is 14.2. The Hall–Kier alpha value is -2.16. The molecule has 3 fully saturated rings. The first-order valence-corrected chi connectivity index (χ1v) is 17.0. The van der Waals surface area contributed by atoms with E-state index in [-0.39, 0.29) is 47.3 Å². The Morgan fingerprint density at radius 1 is 0.690 bits per heavy atom. The summed E-state index contributed by atoms with van der Waals surface area (Å²) < 4.78 is 0. The van der Waals surface area contributed by atoms with Crippen molar-refractivity contribution in [1.82, 2.24) is 20.9 Å². The highest BCUT2D eigenvalue weighted by molar-refractivity contribution is 5.95. The highest BCUT2D eigenvalue weighted by Gasteiger charge is 2.40. The van der Waals surface area contributed by atoms with Crippen LogP contribution in [-0.2, 0) is 19.2 Å². The normalized spacial score (nSPS) is 22.0. The van der Waals surface area contributed by atoms with Crippen molar-refractivity contribution in [2.75, 3.05) is 13.6 Å². The number of hydrogen-bond acceptors (Lipinski definition) is 5. The number of carbonyl (C=O) groups is 4. The molecular weight excluding hydrogens is 530 g/mol. The number of carbonyl (C=O) groups excluding carboxylic acids is 4. The molecule has 0 bridgehead atoms. The van der Waals surface area contributed by atoms with Crippen LogP contribution in [-0.4, -0.2) is 66.3 Å². The number of nitrogens with two attached hydrogens (primary N) is 1. The Balaban J connectivity index is 1.83. The first-order valence-electron chi connectivity index (χ1n) is 17.0. The van der Waals surface area contributed by atoms with Gasteiger partial charge < -0.3 is 26.6 Å². The predicted molar refractivity (Wildman–Crippen MR) is 166 cm³/mol.